The minimum absolute atomic E-state index is 0.435. The normalized spacial score (nSPS) is 18.5. The highest BCUT2D eigenvalue weighted by Crippen LogP contribution is 2.09. The number of hydrogen-bond donors (Lipinski definition) is 1. The van der Waals surface area contributed by atoms with Gasteiger partial charge >= 0.3 is 5.97 Å². The van der Waals surface area contributed by atoms with Crippen molar-refractivity contribution in [3.63, 3.8) is 0 Å². The maximum Gasteiger partial charge on any atom is 0.334 e. The molecule has 1 aliphatic rings. The summed E-state index contributed by atoms with van der Waals surface area (Å²) >= 11 is 0. The van der Waals surface area contributed by atoms with Gasteiger partial charge in [-0.3, -0.25) is 9.80 Å². The van der Waals surface area contributed by atoms with E-state index in [0.717, 1.165) is 32.7 Å². The third-order valence-corrected chi connectivity index (χ3v) is 3.78. The van der Waals surface area contributed by atoms with Gasteiger partial charge in [-0.15, -0.1) is 0 Å². The summed E-state index contributed by atoms with van der Waals surface area (Å²) in [5.41, 5.74) is 1.32. The van der Waals surface area contributed by atoms with Gasteiger partial charge in [0.25, 0.3) is 0 Å². The van der Waals surface area contributed by atoms with Crippen LogP contribution in [0.5, 0.6) is 0 Å². The van der Waals surface area contributed by atoms with Crippen molar-refractivity contribution < 1.29 is 14.6 Å². The molecule has 1 aromatic rings. The molecule has 2 rings (SSSR count). The summed E-state index contributed by atoms with van der Waals surface area (Å²) in [5, 5.41) is 9.12. The molecule has 21 heavy (non-hydrogen) atoms. The highest BCUT2D eigenvalue weighted by atomic mass is 16.5. The van der Waals surface area contributed by atoms with Crippen LogP contribution < -0.4 is 0 Å². The molecule has 1 heterocycles. The van der Waals surface area contributed by atoms with Gasteiger partial charge in [0.15, 0.2) is 6.10 Å². The van der Waals surface area contributed by atoms with Crippen LogP contribution in [0.1, 0.15) is 12.5 Å². The zero-order valence-electron chi connectivity index (χ0n) is 12.6. The summed E-state index contributed by atoms with van der Waals surface area (Å²) in [6.45, 7) is 7.41. The molecule has 0 amide bonds. The van der Waals surface area contributed by atoms with E-state index in [9.17, 15) is 4.79 Å². The van der Waals surface area contributed by atoms with Crippen molar-refractivity contribution in [2.24, 2.45) is 0 Å². The molecule has 1 saturated heterocycles. The lowest BCUT2D eigenvalue weighted by Crippen LogP contribution is -2.49. The maximum absolute atomic E-state index is 11.1. The number of piperazine rings is 1. The standard InChI is InChI=1S/C16H24N2O3/c1-2-21-15(16(19)20)13-18-10-8-17(9-11-18)12-14-6-4-3-5-7-14/h3-7,15H,2,8-13H2,1H3,(H,19,20). The van der Waals surface area contributed by atoms with Crippen molar-refractivity contribution in [3.05, 3.63) is 35.9 Å². The summed E-state index contributed by atoms with van der Waals surface area (Å²) in [7, 11) is 0. The van der Waals surface area contributed by atoms with Gasteiger partial charge in [0.2, 0.25) is 0 Å². The van der Waals surface area contributed by atoms with E-state index < -0.39 is 12.1 Å². The van der Waals surface area contributed by atoms with E-state index in [1.807, 2.05) is 13.0 Å². The van der Waals surface area contributed by atoms with Crippen molar-refractivity contribution in [1.29, 1.82) is 0 Å². The summed E-state index contributed by atoms with van der Waals surface area (Å²) in [4.78, 5) is 15.7. The summed E-state index contributed by atoms with van der Waals surface area (Å²) < 4.78 is 5.27. The zero-order valence-corrected chi connectivity index (χ0v) is 12.6. The highest BCUT2D eigenvalue weighted by molar-refractivity contribution is 5.72. The molecule has 0 bridgehead atoms. The molecule has 0 radical (unpaired) electrons. The van der Waals surface area contributed by atoms with Gasteiger partial charge < -0.3 is 9.84 Å². The van der Waals surface area contributed by atoms with Gasteiger partial charge in [0.05, 0.1) is 0 Å². The number of rotatable bonds is 7. The lowest BCUT2D eigenvalue weighted by molar-refractivity contribution is -0.151. The number of hydrogen-bond acceptors (Lipinski definition) is 4. The third-order valence-electron chi connectivity index (χ3n) is 3.78. The van der Waals surface area contributed by atoms with Crippen molar-refractivity contribution in [2.45, 2.75) is 19.6 Å². The first-order chi connectivity index (χ1) is 10.2. The minimum atomic E-state index is -0.872. The molecule has 5 heteroatoms. The molecule has 1 atom stereocenters. The van der Waals surface area contributed by atoms with E-state index in [1.165, 1.54) is 5.56 Å². The fourth-order valence-corrected chi connectivity index (χ4v) is 2.61. The van der Waals surface area contributed by atoms with Gasteiger partial charge in [-0.25, -0.2) is 4.79 Å². The molecule has 5 nitrogen and oxygen atoms in total. The Bertz CT molecular complexity index is 430. The first kappa shape index (κ1) is 15.9. The molecular weight excluding hydrogens is 268 g/mol. The van der Waals surface area contributed by atoms with E-state index in [2.05, 4.69) is 34.1 Å². The third kappa shape index (κ3) is 5.12. The van der Waals surface area contributed by atoms with Crippen molar-refractivity contribution >= 4 is 5.97 Å². The van der Waals surface area contributed by atoms with E-state index >= 15 is 0 Å². The van der Waals surface area contributed by atoms with Crippen LogP contribution >= 0.6 is 0 Å². The zero-order chi connectivity index (χ0) is 15.1. The van der Waals surface area contributed by atoms with Crippen LogP contribution in [0, 0.1) is 0 Å². The summed E-state index contributed by atoms with van der Waals surface area (Å²) in [6, 6.07) is 10.4. The van der Waals surface area contributed by atoms with Crippen LogP contribution in [-0.4, -0.2) is 66.3 Å². The molecule has 1 aromatic carbocycles. The first-order valence-corrected chi connectivity index (χ1v) is 7.52. The van der Waals surface area contributed by atoms with Gasteiger partial charge in [-0.05, 0) is 12.5 Å². The molecule has 1 fully saturated rings. The van der Waals surface area contributed by atoms with Crippen LogP contribution in [0.25, 0.3) is 0 Å². The number of carbonyl (C=O) groups is 1. The van der Waals surface area contributed by atoms with Crippen LogP contribution in [0.2, 0.25) is 0 Å². The predicted molar refractivity (Wildman–Crippen MR) is 81.2 cm³/mol. The number of benzene rings is 1. The summed E-state index contributed by atoms with van der Waals surface area (Å²) in [5.74, 6) is -0.872. The van der Waals surface area contributed by atoms with Crippen LogP contribution in [-0.2, 0) is 16.1 Å². The second kappa shape index (κ2) is 8.12. The Labute approximate surface area is 126 Å². The Morgan fingerprint density at radius 3 is 2.38 bits per heavy atom. The smallest absolute Gasteiger partial charge is 0.334 e. The molecule has 0 aromatic heterocycles. The highest BCUT2D eigenvalue weighted by Gasteiger charge is 2.24. The van der Waals surface area contributed by atoms with Crippen molar-refractivity contribution in [3.8, 4) is 0 Å². The molecule has 1 unspecified atom stereocenters. The number of carboxylic acids is 1. The van der Waals surface area contributed by atoms with Gasteiger partial charge in [0, 0.05) is 45.9 Å². The SMILES string of the molecule is CCOC(CN1CCN(Cc2ccccc2)CC1)C(=O)O. The Hall–Kier alpha value is -1.43. The monoisotopic (exact) mass is 292 g/mol. The van der Waals surface area contributed by atoms with E-state index in [-0.39, 0.29) is 0 Å². The van der Waals surface area contributed by atoms with Gasteiger partial charge in [-0.1, -0.05) is 30.3 Å². The maximum atomic E-state index is 11.1. The second-order valence-corrected chi connectivity index (χ2v) is 5.34. The first-order valence-electron chi connectivity index (χ1n) is 7.52. The summed E-state index contributed by atoms with van der Waals surface area (Å²) in [6.07, 6.45) is -0.712. The molecular formula is C16H24N2O3. The Morgan fingerprint density at radius 1 is 1.19 bits per heavy atom. The van der Waals surface area contributed by atoms with Crippen molar-refractivity contribution in [2.75, 3.05) is 39.3 Å². The van der Waals surface area contributed by atoms with Gasteiger partial charge in [-0.2, -0.15) is 0 Å². The number of ether oxygens (including phenoxy) is 1. The number of carboxylic acid groups (broad SMARTS) is 1. The Balaban J connectivity index is 1.76. The second-order valence-electron chi connectivity index (χ2n) is 5.34. The molecule has 1 N–H and O–H groups in total. The quantitative estimate of drug-likeness (QED) is 0.821. The average Bonchev–Trinajstić information content (AvgIpc) is 2.49. The van der Waals surface area contributed by atoms with E-state index in [0.29, 0.717) is 13.2 Å². The van der Waals surface area contributed by atoms with E-state index in [4.69, 9.17) is 9.84 Å². The fraction of sp³-hybridized carbons (Fsp3) is 0.562. The Kier molecular flexibility index (Phi) is 6.17. The molecule has 0 spiro atoms. The van der Waals surface area contributed by atoms with Crippen LogP contribution in [0.3, 0.4) is 0 Å². The average molecular weight is 292 g/mol. The number of aliphatic carboxylic acids is 1. The van der Waals surface area contributed by atoms with Crippen LogP contribution in [0.4, 0.5) is 0 Å². The minimum Gasteiger partial charge on any atom is -0.479 e. The lowest BCUT2D eigenvalue weighted by Gasteiger charge is -2.35. The molecule has 0 aliphatic carbocycles. The van der Waals surface area contributed by atoms with Crippen LogP contribution in [0.15, 0.2) is 30.3 Å². The molecule has 116 valence electrons. The van der Waals surface area contributed by atoms with E-state index in [1.54, 1.807) is 0 Å². The largest absolute Gasteiger partial charge is 0.479 e. The fourth-order valence-electron chi connectivity index (χ4n) is 2.61. The van der Waals surface area contributed by atoms with Gasteiger partial charge in [0.1, 0.15) is 0 Å². The van der Waals surface area contributed by atoms with Crippen molar-refractivity contribution in [1.82, 2.24) is 9.80 Å². The predicted octanol–water partition coefficient (Wildman–Crippen LogP) is 1.29. The number of nitrogens with zero attached hydrogens (tertiary/aromatic N) is 2. The molecule has 1 aliphatic heterocycles. The Morgan fingerprint density at radius 2 is 1.81 bits per heavy atom. The molecule has 0 saturated carbocycles. The topological polar surface area (TPSA) is 53.0 Å². The lowest BCUT2D eigenvalue weighted by atomic mass is 10.2.